The molecular weight excluding hydrogens is 234 g/mol. The highest BCUT2D eigenvalue weighted by atomic mass is 16.6. The van der Waals surface area contributed by atoms with Crippen molar-refractivity contribution >= 4 is 17.5 Å². The van der Waals surface area contributed by atoms with Gasteiger partial charge >= 0.3 is 6.09 Å². The molecule has 0 saturated carbocycles. The van der Waals surface area contributed by atoms with Gasteiger partial charge < -0.3 is 9.94 Å². The van der Waals surface area contributed by atoms with Gasteiger partial charge in [0.1, 0.15) is 12.3 Å². The number of fused-ring (bicyclic) bond motifs is 1. The van der Waals surface area contributed by atoms with Crippen LogP contribution in [0.25, 0.3) is 0 Å². The van der Waals surface area contributed by atoms with Crippen LogP contribution in [0.2, 0.25) is 0 Å². The first kappa shape index (κ1) is 12.0. The molecule has 0 aliphatic carbocycles. The van der Waals surface area contributed by atoms with Crippen molar-refractivity contribution in [3.63, 3.8) is 0 Å². The normalized spacial score (nSPS) is 15.8. The molecule has 1 amide bonds. The minimum atomic E-state index is -1.07. The van der Waals surface area contributed by atoms with Crippen LogP contribution < -0.4 is 5.43 Å². The van der Waals surface area contributed by atoms with Gasteiger partial charge in [0, 0.05) is 5.56 Å². The lowest BCUT2D eigenvalue weighted by molar-refractivity contribution is 0.157. The highest BCUT2D eigenvalue weighted by Gasteiger charge is 2.24. The predicted molar refractivity (Wildman–Crippen MR) is 67.5 cm³/mol. The summed E-state index contributed by atoms with van der Waals surface area (Å²) < 4.78 is 0. The van der Waals surface area contributed by atoms with Gasteiger partial charge in [0.05, 0.1) is 12.2 Å². The van der Waals surface area contributed by atoms with Crippen LogP contribution in [-0.4, -0.2) is 35.1 Å². The number of amides is 1. The summed E-state index contributed by atoms with van der Waals surface area (Å²) in [4.78, 5) is 16.0. The van der Waals surface area contributed by atoms with Crippen molar-refractivity contribution in [2.24, 2.45) is 5.16 Å². The molecule has 1 heterocycles. The second-order valence-corrected chi connectivity index (χ2v) is 3.65. The predicted octanol–water partition coefficient (Wildman–Crippen LogP) is 1.91. The van der Waals surface area contributed by atoms with Crippen LogP contribution in [-0.2, 0) is 4.84 Å². The molecule has 0 bridgehead atoms. The molecule has 2 rings (SSSR count). The van der Waals surface area contributed by atoms with E-state index in [9.17, 15) is 4.79 Å². The number of hydrazine groups is 1. The molecule has 0 spiro atoms. The van der Waals surface area contributed by atoms with E-state index in [-0.39, 0.29) is 13.2 Å². The summed E-state index contributed by atoms with van der Waals surface area (Å²) in [5, 5.41) is 14.0. The Hall–Kier alpha value is -2.50. The van der Waals surface area contributed by atoms with Crippen molar-refractivity contribution in [2.75, 3.05) is 18.6 Å². The summed E-state index contributed by atoms with van der Waals surface area (Å²) in [6.07, 6.45) is 0.507. The number of nitrogens with one attached hydrogen (secondary N) is 1. The van der Waals surface area contributed by atoms with E-state index in [0.29, 0.717) is 11.4 Å². The molecule has 0 saturated heterocycles. The standard InChI is InChI=1S/C12H13N3O3/c1-2-7-18-14-11-8-15(12(16)17)13-10-6-4-3-5-9(10)11/h2-6,13H,1,7-8H2,(H,16,17)/b14-11+. The zero-order chi connectivity index (χ0) is 13.0. The molecule has 6 nitrogen and oxygen atoms in total. The van der Waals surface area contributed by atoms with Crippen molar-refractivity contribution < 1.29 is 14.7 Å². The molecule has 94 valence electrons. The van der Waals surface area contributed by atoms with Gasteiger partial charge in [0.15, 0.2) is 0 Å². The van der Waals surface area contributed by atoms with E-state index in [1.165, 1.54) is 0 Å². The number of nitrogens with zero attached hydrogens (tertiary/aromatic N) is 2. The van der Waals surface area contributed by atoms with Gasteiger partial charge in [-0.2, -0.15) is 0 Å². The lowest BCUT2D eigenvalue weighted by Crippen LogP contribution is -2.43. The molecular formula is C12H13N3O3. The average Bonchev–Trinajstić information content (AvgIpc) is 2.38. The van der Waals surface area contributed by atoms with Crippen LogP contribution in [0.1, 0.15) is 5.56 Å². The zero-order valence-corrected chi connectivity index (χ0v) is 9.67. The fraction of sp³-hybridized carbons (Fsp3) is 0.167. The quantitative estimate of drug-likeness (QED) is 0.486. The van der Waals surface area contributed by atoms with Crippen LogP contribution in [0.15, 0.2) is 42.1 Å². The maximum absolute atomic E-state index is 11.0. The Bertz CT molecular complexity index is 499. The van der Waals surface area contributed by atoms with Crippen LogP contribution in [0.4, 0.5) is 10.5 Å². The molecule has 0 fully saturated rings. The van der Waals surface area contributed by atoms with Crippen LogP contribution >= 0.6 is 0 Å². The molecule has 18 heavy (non-hydrogen) atoms. The Labute approximate surface area is 104 Å². The van der Waals surface area contributed by atoms with E-state index in [1.807, 2.05) is 18.2 Å². The van der Waals surface area contributed by atoms with Gasteiger partial charge in [-0.15, -0.1) is 0 Å². The van der Waals surface area contributed by atoms with Gasteiger partial charge in [0.2, 0.25) is 0 Å². The van der Waals surface area contributed by atoms with Gasteiger partial charge in [0.25, 0.3) is 0 Å². The minimum Gasteiger partial charge on any atom is -0.464 e. The molecule has 1 aliphatic rings. The first-order valence-electron chi connectivity index (χ1n) is 5.38. The van der Waals surface area contributed by atoms with Gasteiger partial charge in [-0.25, -0.2) is 9.80 Å². The number of para-hydroxylation sites is 1. The van der Waals surface area contributed by atoms with Gasteiger partial charge in [-0.1, -0.05) is 36.0 Å². The number of oxime groups is 1. The Morgan fingerprint density at radius 1 is 1.61 bits per heavy atom. The van der Waals surface area contributed by atoms with E-state index < -0.39 is 6.09 Å². The van der Waals surface area contributed by atoms with Crippen molar-refractivity contribution in [1.29, 1.82) is 0 Å². The van der Waals surface area contributed by atoms with Gasteiger partial charge in [-0.3, -0.25) is 5.43 Å². The van der Waals surface area contributed by atoms with E-state index in [0.717, 1.165) is 10.6 Å². The Balaban J connectivity index is 2.30. The summed E-state index contributed by atoms with van der Waals surface area (Å²) in [7, 11) is 0. The molecule has 1 aromatic carbocycles. The smallest absolute Gasteiger partial charge is 0.426 e. The number of carboxylic acid groups (broad SMARTS) is 1. The highest BCUT2D eigenvalue weighted by molar-refractivity contribution is 6.08. The van der Waals surface area contributed by atoms with Gasteiger partial charge in [-0.05, 0) is 6.07 Å². The third-order valence-corrected chi connectivity index (χ3v) is 2.40. The molecule has 0 radical (unpaired) electrons. The molecule has 6 heteroatoms. The minimum absolute atomic E-state index is 0.128. The highest BCUT2D eigenvalue weighted by Crippen LogP contribution is 2.21. The van der Waals surface area contributed by atoms with E-state index in [2.05, 4.69) is 17.2 Å². The molecule has 1 aromatic rings. The first-order chi connectivity index (χ1) is 8.72. The topological polar surface area (TPSA) is 74.2 Å². The molecule has 0 atom stereocenters. The number of hydrogen-bond donors (Lipinski definition) is 2. The Morgan fingerprint density at radius 3 is 3.11 bits per heavy atom. The van der Waals surface area contributed by atoms with E-state index >= 15 is 0 Å². The zero-order valence-electron chi connectivity index (χ0n) is 9.67. The van der Waals surface area contributed by atoms with E-state index in [1.54, 1.807) is 12.1 Å². The third-order valence-electron chi connectivity index (χ3n) is 2.40. The van der Waals surface area contributed by atoms with E-state index in [4.69, 9.17) is 9.94 Å². The number of anilines is 1. The summed E-state index contributed by atoms with van der Waals surface area (Å²) >= 11 is 0. The van der Waals surface area contributed by atoms with Crippen molar-refractivity contribution in [3.05, 3.63) is 42.5 Å². The van der Waals surface area contributed by atoms with Crippen molar-refractivity contribution in [1.82, 2.24) is 5.01 Å². The van der Waals surface area contributed by atoms with Crippen molar-refractivity contribution in [2.45, 2.75) is 0 Å². The van der Waals surface area contributed by atoms with Crippen LogP contribution in [0, 0.1) is 0 Å². The largest absolute Gasteiger partial charge is 0.464 e. The SMILES string of the molecule is C=CCO/N=C1\CN(C(=O)O)Nc2ccccc21. The second-order valence-electron chi connectivity index (χ2n) is 3.65. The number of rotatable bonds is 3. The number of hydrogen-bond acceptors (Lipinski definition) is 4. The lowest BCUT2D eigenvalue weighted by atomic mass is 10.1. The monoisotopic (exact) mass is 247 g/mol. The fourth-order valence-corrected chi connectivity index (χ4v) is 1.61. The molecule has 2 N–H and O–H groups in total. The fourth-order valence-electron chi connectivity index (χ4n) is 1.61. The molecule has 0 unspecified atom stereocenters. The summed E-state index contributed by atoms with van der Waals surface area (Å²) in [6, 6.07) is 7.32. The Morgan fingerprint density at radius 2 is 2.39 bits per heavy atom. The maximum Gasteiger partial charge on any atom is 0.426 e. The van der Waals surface area contributed by atoms with Crippen LogP contribution in [0.3, 0.4) is 0 Å². The summed E-state index contributed by atoms with van der Waals surface area (Å²) in [6.45, 7) is 3.93. The summed E-state index contributed by atoms with van der Waals surface area (Å²) in [5.74, 6) is 0. The third kappa shape index (κ3) is 2.42. The van der Waals surface area contributed by atoms with Crippen molar-refractivity contribution in [3.8, 4) is 0 Å². The van der Waals surface area contributed by atoms with Crippen LogP contribution in [0.5, 0.6) is 0 Å². The second kappa shape index (κ2) is 5.22. The lowest BCUT2D eigenvalue weighted by Gasteiger charge is -2.28. The first-order valence-corrected chi connectivity index (χ1v) is 5.38. The average molecular weight is 247 g/mol. The summed E-state index contributed by atoms with van der Waals surface area (Å²) in [5.41, 5.74) is 4.88. The number of carbonyl (C=O) groups is 1. The Kier molecular flexibility index (Phi) is 3.47. The number of benzene rings is 1. The molecule has 0 aromatic heterocycles. The molecule has 1 aliphatic heterocycles. The maximum atomic E-state index is 11.0.